The van der Waals surface area contributed by atoms with Crippen molar-refractivity contribution in [2.24, 2.45) is 5.84 Å². The Kier molecular flexibility index (Phi) is 3.59. The smallest absolute Gasteiger partial charge is 0.227 e. The molecule has 1 heterocycles. The zero-order valence-electron chi connectivity index (χ0n) is 9.45. The van der Waals surface area contributed by atoms with Crippen LogP contribution >= 0.6 is 11.6 Å². The van der Waals surface area contributed by atoms with Gasteiger partial charge in [-0.1, -0.05) is 11.6 Å². The van der Waals surface area contributed by atoms with Crippen molar-refractivity contribution in [1.82, 2.24) is 9.97 Å². The molecule has 0 aliphatic heterocycles. The maximum absolute atomic E-state index is 13.0. The number of nitrogen functional groups attached to an aromatic ring is 1. The van der Waals surface area contributed by atoms with Gasteiger partial charge in [-0.3, -0.25) is 0 Å². The van der Waals surface area contributed by atoms with Gasteiger partial charge in [-0.25, -0.2) is 20.2 Å². The van der Waals surface area contributed by atoms with Crippen molar-refractivity contribution < 1.29 is 9.13 Å². The summed E-state index contributed by atoms with van der Waals surface area (Å²) in [5.74, 6) is 5.94. The highest BCUT2D eigenvalue weighted by Crippen LogP contribution is 2.28. The predicted octanol–water partition coefficient (Wildman–Crippen LogP) is 2.66. The average Bonchev–Trinajstić information content (AvgIpc) is 2.36. The standard InChI is InChI=1S/C11H10ClFN4O/c1-6-10(17-14)15-5-16-11(6)18-7-2-3-9(13)8(12)4-7/h2-5H,14H2,1H3,(H,15,16,17). The molecule has 0 aliphatic carbocycles. The lowest BCUT2D eigenvalue weighted by Crippen LogP contribution is -2.11. The van der Waals surface area contributed by atoms with Crippen LogP contribution in [0.25, 0.3) is 0 Å². The fourth-order valence-corrected chi connectivity index (χ4v) is 1.50. The summed E-state index contributed by atoms with van der Waals surface area (Å²) in [6, 6.07) is 4.04. The van der Waals surface area contributed by atoms with E-state index in [1.807, 2.05) is 0 Å². The van der Waals surface area contributed by atoms with Crippen molar-refractivity contribution in [2.75, 3.05) is 5.43 Å². The van der Waals surface area contributed by atoms with E-state index in [9.17, 15) is 4.39 Å². The highest BCUT2D eigenvalue weighted by Gasteiger charge is 2.09. The summed E-state index contributed by atoms with van der Waals surface area (Å²) in [5.41, 5.74) is 3.06. The van der Waals surface area contributed by atoms with Crippen molar-refractivity contribution in [2.45, 2.75) is 6.92 Å². The molecule has 0 saturated carbocycles. The normalized spacial score (nSPS) is 10.2. The number of halogens is 2. The SMILES string of the molecule is Cc1c(NN)ncnc1Oc1ccc(F)c(Cl)c1. The molecule has 0 fully saturated rings. The number of nitrogens with zero attached hydrogens (tertiary/aromatic N) is 2. The van der Waals surface area contributed by atoms with Crippen molar-refractivity contribution in [3.8, 4) is 11.6 Å². The third-order valence-electron chi connectivity index (χ3n) is 2.28. The van der Waals surface area contributed by atoms with Gasteiger partial charge in [-0.2, -0.15) is 0 Å². The molecular weight excluding hydrogens is 259 g/mol. The van der Waals surface area contributed by atoms with Crippen LogP contribution in [0.1, 0.15) is 5.56 Å². The first-order valence-electron chi connectivity index (χ1n) is 5.03. The van der Waals surface area contributed by atoms with Crippen molar-refractivity contribution >= 4 is 17.4 Å². The van der Waals surface area contributed by atoms with Gasteiger partial charge in [0.15, 0.2) is 0 Å². The van der Waals surface area contributed by atoms with Gasteiger partial charge in [0.2, 0.25) is 5.88 Å². The second kappa shape index (κ2) is 5.16. The molecule has 0 spiro atoms. The Hall–Kier alpha value is -1.92. The van der Waals surface area contributed by atoms with Gasteiger partial charge in [0.1, 0.15) is 23.7 Å². The van der Waals surface area contributed by atoms with Gasteiger partial charge in [0.05, 0.1) is 10.6 Å². The maximum atomic E-state index is 13.0. The molecule has 0 saturated heterocycles. The van der Waals surface area contributed by atoms with Crippen molar-refractivity contribution in [1.29, 1.82) is 0 Å². The van der Waals surface area contributed by atoms with E-state index in [2.05, 4.69) is 15.4 Å². The van der Waals surface area contributed by atoms with E-state index in [-0.39, 0.29) is 5.02 Å². The second-order valence-corrected chi connectivity index (χ2v) is 3.88. The van der Waals surface area contributed by atoms with Crippen molar-refractivity contribution in [3.63, 3.8) is 0 Å². The summed E-state index contributed by atoms with van der Waals surface area (Å²) >= 11 is 5.66. The molecule has 1 aromatic carbocycles. The lowest BCUT2D eigenvalue weighted by atomic mass is 10.3. The number of hydrazine groups is 1. The van der Waals surface area contributed by atoms with E-state index in [0.29, 0.717) is 23.0 Å². The minimum absolute atomic E-state index is 0.0172. The molecule has 3 N–H and O–H groups in total. The number of benzene rings is 1. The number of aromatic nitrogens is 2. The van der Waals surface area contributed by atoms with E-state index in [4.69, 9.17) is 22.2 Å². The molecule has 0 unspecified atom stereocenters. The Labute approximate surface area is 108 Å². The fourth-order valence-electron chi connectivity index (χ4n) is 1.33. The zero-order chi connectivity index (χ0) is 13.1. The zero-order valence-corrected chi connectivity index (χ0v) is 10.2. The van der Waals surface area contributed by atoms with Gasteiger partial charge in [-0.15, -0.1) is 0 Å². The molecule has 0 aliphatic rings. The van der Waals surface area contributed by atoms with E-state index < -0.39 is 5.82 Å². The first-order chi connectivity index (χ1) is 8.61. The topological polar surface area (TPSA) is 73.1 Å². The molecular formula is C11H10ClFN4O. The van der Waals surface area contributed by atoms with Gasteiger partial charge < -0.3 is 10.2 Å². The highest BCUT2D eigenvalue weighted by atomic mass is 35.5. The Morgan fingerprint density at radius 1 is 1.39 bits per heavy atom. The molecule has 5 nitrogen and oxygen atoms in total. The number of ether oxygens (including phenoxy) is 1. The van der Waals surface area contributed by atoms with E-state index in [0.717, 1.165) is 0 Å². The third kappa shape index (κ3) is 2.49. The van der Waals surface area contributed by atoms with Gasteiger partial charge >= 0.3 is 0 Å². The van der Waals surface area contributed by atoms with E-state index in [1.165, 1.54) is 24.5 Å². The largest absolute Gasteiger partial charge is 0.439 e. The highest BCUT2D eigenvalue weighted by molar-refractivity contribution is 6.30. The summed E-state index contributed by atoms with van der Waals surface area (Å²) < 4.78 is 18.5. The first kappa shape index (κ1) is 12.5. The van der Waals surface area contributed by atoms with Crippen LogP contribution in [0.2, 0.25) is 5.02 Å². The number of nitrogens with two attached hydrogens (primary N) is 1. The number of hydrogen-bond acceptors (Lipinski definition) is 5. The van der Waals surface area contributed by atoms with Gasteiger partial charge in [-0.05, 0) is 19.1 Å². The van der Waals surface area contributed by atoms with Crippen LogP contribution in [-0.4, -0.2) is 9.97 Å². The average molecular weight is 269 g/mol. The molecule has 2 rings (SSSR count). The Balaban J connectivity index is 2.31. The summed E-state index contributed by atoms with van der Waals surface area (Å²) in [6.45, 7) is 1.75. The van der Waals surface area contributed by atoms with Gasteiger partial charge in [0.25, 0.3) is 0 Å². The Bertz CT molecular complexity index is 579. The molecule has 94 valence electrons. The minimum atomic E-state index is -0.507. The van der Waals surface area contributed by atoms with Crippen LogP contribution in [0, 0.1) is 12.7 Å². The Morgan fingerprint density at radius 2 is 2.17 bits per heavy atom. The predicted molar refractivity (Wildman–Crippen MR) is 66.1 cm³/mol. The molecule has 7 heteroatoms. The van der Waals surface area contributed by atoms with Crippen LogP contribution in [-0.2, 0) is 0 Å². The molecule has 2 aromatic rings. The molecule has 1 aromatic heterocycles. The first-order valence-corrected chi connectivity index (χ1v) is 5.40. The third-order valence-corrected chi connectivity index (χ3v) is 2.57. The number of hydrogen-bond donors (Lipinski definition) is 2. The lowest BCUT2D eigenvalue weighted by Gasteiger charge is -2.10. The molecule has 18 heavy (non-hydrogen) atoms. The van der Waals surface area contributed by atoms with Crippen LogP contribution in [0.5, 0.6) is 11.6 Å². The fraction of sp³-hybridized carbons (Fsp3) is 0.0909. The summed E-state index contributed by atoms with van der Waals surface area (Å²) in [5, 5.41) is -0.0172. The molecule has 0 bridgehead atoms. The van der Waals surface area contributed by atoms with Crippen LogP contribution < -0.4 is 16.0 Å². The van der Waals surface area contributed by atoms with Crippen LogP contribution in [0.15, 0.2) is 24.5 Å². The second-order valence-electron chi connectivity index (χ2n) is 3.47. The molecule has 0 radical (unpaired) electrons. The van der Waals surface area contributed by atoms with Crippen molar-refractivity contribution in [3.05, 3.63) is 40.9 Å². The van der Waals surface area contributed by atoms with E-state index in [1.54, 1.807) is 6.92 Å². The van der Waals surface area contributed by atoms with Crippen LogP contribution in [0.3, 0.4) is 0 Å². The summed E-state index contributed by atoms with van der Waals surface area (Å²) in [7, 11) is 0. The minimum Gasteiger partial charge on any atom is -0.439 e. The summed E-state index contributed by atoms with van der Waals surface area (Å²) in [6.07, 6.45) is 1.31. The summed E-state index contributed by atoms with van der Waals surface area (Å²) in [4.78, 5) is 7.89. The number of nitrogens with one attached hydrogen (secondary N) is 1. The Morgan fingerprint density at radius 3 is 2.83 bits per heavy atom. The lowest BCUT2D eigenvalue weighted by molar-refractivity contribution is 0.456. The number of rotatable bonds is 3. The molecule has 0 amide bonds. The monoisotopic (exact) mass is 268 g/mol. The molecule has 0 atom stereocenters. The quantitative estimate of drug-likeness (QED) is 0.661. The van der Waals surface area contributed by atoms with E-state index >= 15 is 0 Å². The van der Waals surface area contributed by atoms with Gasteiger partial charge in [0, 0.05) is 6.07 Å². The number of anilines is 1. The maximum Gasteiger partial charge on any atom is 0.227 e. The van der Waals surface area contributed by atoms with Crippen LogP contribution in [0.4, 0.5) is 10.2 Å².